The second-order valence-electron chi connectivity index (χ2n) is 0. The van der Waals surface area contributed by atoms with Crippen molar-refractivity contribution in [1.82, 2.24) is 0 Å². The summed E-state index contributed by atoms with van der Waals surface area (Å²) >= 11 is 3.64. The molecule has 0 radical (unpaired) electrons. The minimum absolute atomic E-state index is 0. The maximum absolute atomic E-state index is 6.47. The fourth-order valence-electron chi connectivity index (χ4n) is 0. The van der Waals surface area contributed by atoms with E-state index in [2.05, 4.69) is 11.9 Å². The molecule has 0 aromatic carbocycles. The van der Waals surface area contributed by atoms with E-state index in [0.29, 0.717) is 0 Å². The Labute approximate surface area is 76.6 Å². The second-order valence-corrected chi connectivity index (χ2v) is 0. The van der Waals surface area contributed by atoms with E-state index in [1.54, 1.807) is 0 Å². The molecule has 0 heterocycles. The van der Waals surface area contributed by atoms with Crippen LogP contribution in [-0.4, -0.2) is 22.0 Å². The van der Waals surface area contributed by atoms with Crippen LogP contribution < -0.4 is 29.6 Å². The summed E-state index contributed by atoms with van der Waals surface area (Å²) in [6.07, 6.45) is 0. The first-order valence-electron chi connectivity index (χ1n) is 0.169. The average Bonchev–Trinajstić information content (AvgIpc) is 1.00. The summed E-state index contributed by atoms with van der Waals surface area (Å²) in [7, 11) is 0. The van der Waals surface area contributed by atoms with E-state index >= 15 is 0 Å². The van der Waals surface area contributed by atoms with Crippen LogP contribution in [0.3, 0.4) is 0 Å². The predicted molar refractivity (Wildman–Crippen MR) is 26.4 cm³/mol. The molecular weight excluding hydrogens is 137 g/mol. The van der Waals surface area contributed by atoms with Gasteiger partial charge in [-0.25, -0.2) is 0 Å². The normalized spacial score (nSPS) is 1.20. The van der Waals surface area contributed by atoms with Gasteiger partial charge in [0.15, 0.2) is 17.4 Å². The minimum atomic E-state index is 0. The Morgan fingerprint density at radius 3 is 1.40 bits per heavy atom. The van der Waals surface area contributed by atoms with Gasteiger partial charge in [-0.3, -0.25) is 4.66 Å². The van der Waals surface area contributed by atoms with E-state index in [1.807, 2.05) is 0 Å². The summed E-state index contributed by atoms with van der Waals surface area (Å²) in [5.74, 6) is 0. The molecule has 0 aromatic rings. The molecule has 0 saturated carbocycles. The van der Waals surface area contributed by atoms with Crippen molar-refractivity contribution in [2.75, 3.05) is 0 Å². The molecule has 0 amide bonds. The molecule has 0 aliphatic carbocycles. The van der Waals surface area contributed by atoms with Crippen molar-refractivity contribution in [3.8, 4) is 0 Å². The van der Waals surface area contributed by atoms with Gasteiger partial charge in [-0.15, -0.1) is 12.4 Å². The number of hydrogen-bond acceptors (Lipinski definition) is 1. The standard InChI is InChI=1S/Al.ClHO.ClH.Na.4H/c;1-2;;;;;;/h;2H;1H;;;;;/q;;;+1;;;;-1. The van der Waals surface area contributed by atoms with Gasteiger partial charge in [0, 0.05) is 0 Å². The van der Waals surface area contributed by atoms with E-state index < -0.39 is 0 Å². The SMILES string of the molecule is Cl.OCl.[AlH3].[H-].[Na+]. The quantitative estimate of drug-likeness (QED) is 0.348. The molecule has 0 rings (SSSR count). The summed E-state index contributed by atoms with van der Waals surface area (Å²) in [6.45, 7) is 0. The number of halogens is 2. The summed E-state index contributed by atoms with van der Waals surface area (Å²) in [4.78, 5) is 0. The van der Waals surface area contributed by atoms with Gasteiger partial charge in [-0.1, -0.05) is 0 Å². The van der Waals surface area contributed by atoms with Crippen LogP contribution in [0.25, 0.3) is 0 Å². The van der Waals surface area contributed by atoms with Crippen LogP contribution in [0.4, 0.5) is 0 Å². The van der Waals surface area contributed by atoms with Gasteiger partial charge >= 0.3 is 29.6 Å². The Morgan fingerprint density at radius 2 is 1.40 bits per heavy atom. The average molecular weight is 143 g/mol. The summed E-state index contributed by atoms with van der Waals surface area (Å²) in [5.41, 5.74) is 0. The van der Waals surface area contributed by atoms with Crippen LogP contribution in [0, 0.1) is 0 Å². The zero-order valence-corrected chi connectivity index (χ0v) is 5.81. The van der Waals surface area contributed by atoms with Crippen LogP contribution >= 0.6 is 24.3 Å². The maximum Gasteiger partial charge on any atom is 1.00 e. The first-order chi connectivity index (χ1) is 1.00. The zero-order valence-electron chi connectivity index (χ0n) is 3.23. The molecule has 0 saturated heterocycles. The third-order valence-corrected chi connectivity index (χ3v) is 0. The Kier molecular flexibility index (Phi) is 201. The van der Waals surface area contributed by atoms with E-state index in [9.17, 15) is 0 Å². The molecule has 0 aliphatic heterocycles. The fourth-order valence-corrected chi connectivity index (χ4v) is 0. The number of hydrogen-bond donors (Lipinski definition) is 1. The van der Waals surface area contributed by atoms with Gasteiger partial charge in [0.05, 0.1) is 11.9 Å². The Morgan fingerprint density at radius 1 is 1.40 bits per heavy atom. The molecule has 0 aliphatic rings. The fraction of sp³-hybridized carbons (Fsp3) is 0. The van der Waals surface area contributed by atoms with Gasteiger partial charge < -0.3 is 1.43 Å². The monoisotopic (exact) mass is 142 g/mol. The molecule has 0 spiro atoms. The van der Waals surface area contributed by atoms with Crippen LogP contribution in [0.1, 0.15) is 1.43 Å². The van der Waals surface area contributed by atoms with Crippen molar-refractivity contribution in [1.29, 1.82) is 0 Å². The second kappa shape index (κ2) is 36.4. The zero-order chi connectivity index (χ0) is 2.00. The van der Waals surface area contributed by atoms with Crippen molar-refractivity contribution in [3.05, 3.63) is 0 Å². The van der Waals surface area contributed by atoms with Crippen LogP contribution in [0.5, 0.6) is 0 Å². The Balaban J connectivity index is -0.000000000833. The topological polar surface area (TPSA) is 20.2 Å². The predicted octanol–water partition coefficient (Wildman–Crippen LogP) is -3.51. The molecule has 5 heteroatoms. The van der Waals surface area contributed by atoms with Gasteiger partial charge in [0.25, 0.3) is 0 Å². The van der Waals surface area contributed by atoms with Crippen LogP contribution in [-0.2, 0) is 0 Å². The van der Waals surface area contributed by atoms with Crippen molar-refractivity contribution >= 4 is 41.6 Å². The third kappa shape index (κ3) is 23.4. The van der Waals surface area contributed by atoms with Gasteiger partial charge in [0.2, 0.25) is 0 Å². The molecule has 0 aromatic heterocycles. The molecule has 30 valence electrons. The molecular formula is H6AlCl2NaO. The molecule has 1 nitrogen and oxygen atoms in total. The maximum atomic E-state index is 6.47. The molecule has 0 unspecified atom stereocenters. The molecule has 0 bridgehead atoms. The van der Waals surface area contributed by atoms with Gasteiger partial charge in [0.1, 0.15) is 0 Å². The van der Waals surface area contributed by atoms with Gasteiger partial charge in [-0.05, 0) is 0 Å². The van der Waals surface area contributed by atoms with Gasteiger partial charge in [-0.2, -0.15) is 0 Å². The smallest absolute Gasteiger partial charge is 1.00 e. The number of rotatable bonds is 0. The van der Waals surface area contributed by atoms with Crippen molar-refractivity contribution in [2.45, 2.75) is 0 Å². The third-order valence-electron chi connectivity index (χ3n) is 0. The summed E-state index contributed by atoms with van der Waals surface area (Å²) in [5, 5.41) is 0. The van der Waals surface area contributed by atoms with Crippen molar-refractivity contribution in [2.24, 2.45) is 0 Å². The van der Waals surface area contributed by atoms with E-state index in [-0.39, 0.29) is 60.8 Å². The van der Waals surface area contributed by atoms with E-state index in [1.165, 1.54) is 0 Å². The minimum Gasteiger partial charge on any atom is -1.00 e. The Hall–Kier alpha value is 2.07. The van der Waals surface area contributed by atoms with Crippen LogP contribution in [0.2, 0.25) is 0 Å². The summed E-state index contributed by atoms with van der Waals surface area (Å²) < 4.78 is 6.47. The Bertz CT molecular complexity index is 13.5. The molecule has 0 atom stereocenters. The molecule has 5 heavy (non-hydrogen) atoms. The van der Waals surface area contributed by atoms with E-state index in [4.69, 9.17) is 4.66 Å². The molecule has 1 N–H and O–H groups in total. The van der Waals surface area contributed by atoms with Crippen molar-refractivity contribution < 1.29 is 35.6 Å². The first-order valence-corrected chi connectivity index (χ1v) is 0.507. The molecule has 0 fully saturated rings. The van der Waals surface area contributed by atoms with Crippen molar-refractivity contribution in [3.63, 3.8) is 0 Å². The largest absolute Gasteiger partial charge is 1.00 e. The van der Waals surface area contributed by atoms with Crippen LogP contribution in [0.15, 0.2) is 0 Å². The van der Waals surface area contributed by atoms with E-state index in [0.717, 1.165) is 0 Å². The first kappa shape index (κ1) is 27.6. The summed E-state index contributed by atoms with van der Waals surface area (Å²) in [6, 6.07) is 0.